The van der Waals surface area contributed by atoms with Gasteiger partial charge in [-0.3, -0.25) is 0 Å². The van der Waals surface area contributed by atoms with Crippen molar-refractivity contribution in [1.29, 1.82) is 0 Å². The molecule has 0 radical (unpaired) electrons. The van der Waals surface area contributed by atoms with Gasteiger partial charge in [-0.15, -0.1) is 22.7 Å². The van der Waals surface area contributed by atoms with Gasteiger partial charge in [-0.05, 0) is 105 Å². The summed E-state index contributed by atoms with van der Waals surface area (Å²) >= 11 is 3.74. The molecule has 258 valence electrons. The molecule has 0 aliphatic carbocycles. The minimum Gasteiger partial charge on any atom is -0.310 e. The number of anilines is 3. The quantitative estimate of drug-likeness (QED) is 0.164. The van der Waals surface area contributed by atoms with E-state index >= 15 is 0 Å². The van der Waals surface area contributed by atoms with E-state index in [4.69, 9.17) is 0 Å². The summed E-state index contributed by atoms with van der Waals surface area (Å²) in [6, 6.07) is 73.4. The van der Waals surface area contributed by atoms with Crippen molar-refractivity contribution in [1.82, 2.24) is 0 Å². The van der Waals surface area contributed by atoms with Crippen LogP contribution in [0.1, 0.15) is 0 Å². The molecule has 9 aromatic carbocycles. The molecule has 0 unspecified atom stereocenters. The summed E-state index contributed by atoms with van der Waals surface area (Å²) in [7, 11) is 0. The molecule has 0 saturated carbocycles. The van der Waals surface area contributed by atoms with Crippen molar-refractivity contribution < 1.29 is 0 Å². The van der Waals surface area contributed by atoms with Crippen molar-refractivity contribution in [2.24, 2.45) is 0 Å². The third-order valence-corrected chi connectivity index (χ3v) is 13.2. The third-order valence-electron chi connectivity index (χ3n) is 10.9. The van der Waals surface area contributed by atoms with E-state index in [1.807, 2.05) is 22.7 Å². The zero-order valence-corrected chi connectivity index (χ0v) is 31.4. The van der Waals surface area contributed by atoms with Gasteiger partial charge in [0.1, 0.15) is 0 Å². The number of nitrogens with zero attached hydrogens (tertiary/aromatic N) is 1. The van der Waals surface area contributed by atoms with Crippen molar-refractivity contribution in [3.05, 3.63) is 200 Å². The highest BCUT2D eigenvalue weighted by Gasteiger charge is 2.17. The molecule has 2 aromatic heterocycles. The Kier molecular flexibility index (Phi) is 7.61. The first-order chi connectivity index (χ1) is 27.2. The van der Waals surface area contributed by atoms with Crippen molar-refractivity contribution in [2.75, 3.05) is 4.90 Å². The highest BCUT2D eigenvalue weighted by molar-refractivity contribution is 7.26. The Morgan fingerprint density at radius 2 is 0.873 bits per heavy atom. The topological polar surface area (TPSA) is 3.24 Å². The predicted octanol–water partition coefficient (Wildman–Crippen LogP) is 16.0. The van der Waals surface area contributed by atoms with Crippen molar-refractivity contribution >= 4 is 90.9 Å². The van der Waals surface area contributed by atoms with Gasteiger partial charge >= 0.3 is 0 Å². The summed E-state index contributed by atoms with van der Waals surface area (Å²) < 4.78 is 5.30. The van der Waals surface area contributed by atoms with Gasteiger partial charge in [0.15, 0.2) is 0 Å². The van der Waals surface area contributed by atoms with Crippen LogP contribution in [0.3, 0.4) is 0 Å². The Morgan fingerprint density at radius 1 is 0.309 bits per heavy atom. The summed E-state index contributed by atoms with van der Waals surface area (Å²) in [4.78, 5) is 2.39. The summed E-state index contributed by atoms with van der Waals surface area (Å²) in [6.45, 7) is 0. The minimum atomic E-state index is 1.11. The van der Waals surface area contributed by atoms with Crippen LogP contribution in [-0.2, 0) is 0 Å². The molecule has 0 spiro atoms. The number of hydrogen-bond donors (Lipinski definition) is 0. The minimum absolute atomic E-state index is 1.11. The van der Waals surface area contributed by atoms with Crippen LogP contribution in [0.15, 0.2) is 200 Å². The van der Waals surface area contributed by atoms with Gasteiger partial charge in [-0.25, -0.2) is 0 Å². The lowest BCUT2D eigenvalue weighted by atomic mass is 9.98. The Balaban J connectivity index is 1.03. The van der Waals surface area contributed by atoms with Crippen LogP contribution in [0, 0.1) is 0 Å². The standard InChI is InChI=1S/C52H33NS2/c1-2-11-37-32-39(23-22-34(37)10-1)38-12-7-13-42(33-38)53(40-28-24-35(25-29-40)43-16-9-21-50-51(43)47-15-4-6-20-49(47)54-50)41-30-26-36(27-31-41)44-17-8-18-46-45-14-3-5-19-48(45)55-52(44)46/h1-33H. The lowest BCUT2D eigenvalue weighted by molar-refractivity contribution is 1.28. The van der Waals surface area contributed by atoms with Gasteiger partial charge in [-0.1, -0.05) is 140 Å². The van der Waals surface area contributed by atoms with Crippen molar-refractivity contribution in [3.8, 4) is 33.4 Å². The van der Waals surface area contributed by atoms with Gasteiger partial charge in [0.2, 0.25) is 0 Å². The lowest BCUT2D eigenvalue weighted by Gasteiger charge is -2.26. The van der Waals surface area contributed by atoms with Crippen LogP contribution in [0.25, 0.3) is 84.5 Å². The second-order valence-corrected chi connectivity index (χ2v) is 16.2. The van der Waals surface area contributed by atoms with E-state index in [1.165, 1.54) is 84.5 Å². The van der Waals surface area contributed by atoms with Crippen molar-refractivity contribution in [3.63, 3.8) is 0 Å². The van der Waals surface area contributed by atoms with Crippen LogP contribution in [0.5, 0.6) is 0 Å². The van der Waals surface area contributed by atoms with Crippen LogP contribution in [0.2, 0.25) is 0 Å². The highest BCUT2D eigenvalue weighted by Crippen LogP contribution is 2.44. The molecule has 0 aliphatic rings. The van der Waals surface area contributed by atoms with E-state index in [9.17, 15) is 0 Å². The number of hydrogen-bond acceptors (Lipinski definition) is 3. The SMILES string of the molecule is c1cc(-c2ccc3ccccc3c2)cc(N(c2ccc(-c3cccc4c3sc3ccccc34)cc2)c2ccc(-c3cccc4sc5ccccc5c34)cc2)c1. The maximum Gasteiger partial charge on any atom is 0.0467 e. The van der Waals surface area contributed by atoms with Crippen LogP contribution < -0.4 is 4.90 Å². The number of thiophene rings is 2. The fourth-order valence-corrected chi connectivity index (χ4v) is 10.6. The Labute approximate surface area is 327 Å². The van der Waals surface area contributed by atoms with E-state index in [0.717, 1.165) is 17.1 Å². The zero-order valence-electron chi connectivity index (χ0n) is 29.8. The van der Waals surface area contributed by atoms with Crippen molar-refractivity contribution in [2.45, 2.75) is 0 Å². The molecule has 11 rings (SSSR count). The maximum atomic E-state index is 2.39. The smallest absolute Gasteiger partial charge is 0.0467 e. The molecular formula is C52H33NS2. The first-order valence-electron chi connectivity index (χ1n) is 18.7. The molecule has 0 bridgehead atoms. The molecule has 0 aliphatic heterocycles. The molecule has 11 aromatic rings. The van der Waals surface area contributed by atoms with E-state index in [0.29, 0.717) is 0 Å². The largest absolute Gasteiger partial charge is 0.310 e. The second-order valence-electron chi connectivity index (χ2n) is 14.1. The Bertz CT molecular complexity index is 3200. The van der Waals surface area contributed by atoms with Crippen LogP contribution in [-0.4, -0.2) is 0 Å². The van der Waals surface area contributed by atoms with Crippen LogP contribution >= 0.6 is 22.7 Å². The molecule has 55 heavy (non-hydrogen) atoms. The zero-order chi connectivity index (χ0) is 36.3. The number of rotatable bonds is 6. The number of fused-ring (bicyclic) bond motifs is 7. The van der Waals surface area contributed by atoms with Gasteiger partial charge in [0, 0.05) is 57.4 Å². The monoisotopic (exact) mass is 735 g/mol. The van der Waals surface area contributed by atoms with Crippen LogP contribution in [0.4, 0.5) is 17.1 Å². The van der Waals surface area contributed by atoms with Gasteiger partial charge in [0.05, 0.1) is 0 Å². The molecule has 0 saturated heterocycles. The second kappa shape index (κ2) is 13.1. The van der Waals surface area contributed by atoms with E-state index in [1.54, 1.807) is 0 Å². The first kappa shape index (κ1) is 32.0. The normalized spacial score (nSPS) is 11.6. The molecule has 3 heteroatoms. The molecular weight excluding hydrogens is 703 g/mol. The average molecular weight is 736 g/mol. The summed E-state index contributed by atoms with van der Waals surface area (Å²) in [5, 5.41) is 7.80. The molecule has 0 fully saturated rings. The molecule has 0 N–H and O–H groups in total. The summed E-state index contributed by atoms with van der Waals surface area (Å²) in [6.07, 6.45) is 0. The Morgan fingerprint density at radius 3 is 1.67 bits per heavy atom. The summed E-state index contributed by atoms with van der Waals surface area (Å²) in [5.41, 5.74) is 10.7. The first-order valence-corrected chi connectivity index (χ1v) is 20.3. The summed E-state index contributed by atoms with van der Waals surface area (Å²) in [5.74, 6) is 0. The van der Waals surface area contributed by atoms with Gasteiger partial charge < -0.3 is 4.90 Å². The van der Waals surface area contributed by atoms with Gasteiger partial charge in [0.25, 0.3) is 0 Å². The van der Waals surface area contributed by atoms with E-state index < -0.39 is 0 Å². The maximum absolute atomic E-state index is 2.39. The van der Waals surface area contributed by atoms with E-state index in [2.05, 4.69) is 205 Å². The third kappa shape index (κ3) is 5.51. The molecule has 0 atom stereocenters. The fraction of sp³-hybridized carbons (Fsp3) is 0. The highest BCUT2D eigenvalue weighted by atomic mass is 32.1. The van der Waals surface area contributed by atoms with Gasteiger partial charge in [-0.2, -0.15) is 0 Å². The average Bonchev–Trinajstić information content (AvgIpc) is 3.83. The lowest BCUT2D eigenvalue weighted by Crippen LogP contribution is -2.10. The fourth-order valence-electron chi connectivity index (χ4n) is 8.21. The number of benzene rings is 9. The molecule has 0 amide bonds. The molecule has 1 nitrogen and oxygen atoms in total. The van der Waals surface area contributed by atoms with E-state index in [-0.39, 0.29) is 0 Å². The predicted molar refractivity (Wildman–Crippen MR) is 241 cm³/mol. The Hall–Kier alpha value is -6.52. The molecule has 2 heterocycles.